The maximum Gasteiger partial charge on any atom is 0.232 e. The average Bonchev–Trinajstić information content (AvgIpc) is 2.84. The molecule has 0 aliphatic carbocycles. The predicted molar refractivity (Wildman–Crippen MR) is 80.1 cm³/mol. The van der Waals surface area contributed by atoms with Gasteiger partial charge in [0.1, 0.15) is 0 Å². The van der Waals surface area contributed by atoms with E-state index in [0.717, 1.165) is 12.0 Å². The molecule has 0 saturated heterocycles. The standard InChI is InChI=1S/C14H19N3O2S/c1-2-3-9-20(18,19)16-14-10-15-17(12-14)11-13-7-5-4-6-8-13/h4-8,10,12,16H,2-3,9,11H2,1H3. The van der Waals surface area contributed by atoms with Crippen LogP contribution in [-0.4, -0.2) is 24.0 Å². The Hall–Kier alpha value is -1.82. The van der Waals surface area contributed by atoms with E-state index in [1.54, 1.807) is 10.9 Å². The highest BCUT2D eigenvalue weighted by Gasteiger charge is 2.10. The Labute approximate surface area is 119 Å². The van der Waals surface area contributed by atoms with Crippen LogP contribution in [0.15, 0.2) is 42.7 Å². The normalized spacial score (nSPS) is 11.4. The Balaban J connectivity index is 1.99. The van der Waals surface area contributed by atoms with Gasteiger partial charge in [0.15, 0.2) is 0 Å². The molecule has 0 aliphatic rings. The van der Waals surface area contributed by atoms with Gasteiger partial charge in [0.25, 0.3) is 0 Å². The lowest BCUT2D eigenvalue weighted by Crippen LogP contribution is -2.16. The molecule has 20 heavy (non-hydrogen) atoms. The number of hydrogen-bond donors (Lipinski definition) is 1. The van der Waals surface area contributed by atoms with Crippen LogP contribution in [0.2, 0.25) is 0 Å². The molecule has 0 bridgehead atoms. The lowest BCUT2D eigenvalue weighted by molar-refractivity contribution is 0.598. The number of nitrogens with one attached hydrogen (secondary N) is 1. The topological polar surface area (TPSA) is 64.0 Å². The number of sulfonamides is 1. The number of rotatable bonds is 7. The molecule has 1 aromatic heterocycles. The van der Waals surface area contributed by atoms with Crippen molar-refractivity contribution >= 4 is 15.7 Å². The quantitative estimate of drug-likeness (QED) is 0.853. The van der Waals surface area contributed by atoms with Crippen LogP contribution >= 0.6 is 0 Å². The largest absolute Gasteiger partial charge is 0.280 e. The van der Waals surface area contributed by atoms with E-state index in [1.165, 1.54) is 6.20 Å². The average molecular weight is 293 g/mol. The zero-order chi connectivity index (χ0) is 14.4. The van der Waals surface area contributed by atoms with E-state index < -0.39 is 10.0 Å². The SMILES string of the molecule is CCCCS(=O)(=O)Nc1cnn(Cc2ccccc2)c1. The highest BCUT2D eigenvalue weighted by Crippen LogP contribution is 2.10. The fourth-order valence-electron chi connectivity index (χ4n) is 1.84. The van der Waals surface area contributed by atoms with Gasteiger partial charge in [-0.3, -0.25) is 9.40 Å². The second kappa shape index (κ2) is 6.56. The Morgan fingerprint density at radius 1 is 1.25 bits per heavy atom. The van der Waals surface area contributed by atoms with Gasteiger partial charge in [-0.05, 0) is 12.0 Å². The zero-order valence-corrected chi connectivity index (χ0v) is 12.3. The van der Waals surface area contributed by atoms with Crippen LogP contribution in [0.4, 0.5) is 5.69 Å². The van der Waals surface area contributed by atoms with Crippen LogP contribution in [0, 0.1) is 0 Å². The fraction of sp³-hybridized carbons (Fsp3) is 0.357. The summed E-state index contributed by atoms with van der Waals surface area (Å²) in [5.74, 6) is 0.146. The molecular formula is C14H19N3O2S. The van der Waals surface area contributed by atoms with Gasteiger partial charge in [-0.25, -0.2) is 8.42 Å². The van der Waals surface area contributed by atoms with Gasteiger partial charge in [0.05, 0.1) is 24.2 Å². The smallest absolute Gasteiger partial charge is 0.232 e. The number of benzene rings is 1. The first-order valence-electron chi connectivity index (χ1n) is 6.66. The van der Waals surface area contributed by atoms with Crippen LogP contribution < -0.4 is 4.72 Å². The molecule has 2 rings (SSSR count). The summed E-state index contributed by atoms with van der Waals surface area (Å²) in [5, 5.41) is 4.17. The number of unbranched alkanes of at least 4 members (excludes halogenated alkanes) is 1. The third kappa shape index (κ3) is 4.38. The highest BCUT2D eigenvalue weighted by molar-refractivity contribution is 7.92. The molecule has 1 aromatic carbocycles. The van der Waals surface area contributed by atoms with Gasteiger partial charge < -0.3 is 0 Å². The first-order valence-corrected chi connectivity index (χ1v) is 8.31. The molecule has 0 fully saturated rings. The number of anilines is 1. The summed E-state index contributed by atoms with van der Waals surface area (Å²) < 4.78 is 27.8. The lowest BCUT2D eigenvalue weighted by Gasteiger charge is -2.04. The Bertz CT molecular complexity index is 635. The van der Waals surface area contributed by atoms with Crippen LogP contribution in [0.25, 0.3) is 0 Å². The zero-order valence-electron chi connectivity index (χ0n) is 11.5. The Kier molecular flexibility index (Phi) is 4.79. The van der Waals surface area contributed by atoms with E-state index in [1.807, 2.05) is 37.3 Å². The monoisotopic (exact) mass is 293 g/mol. The van der Waals surface area contributed by atoms with Gasteiger partial charge in [0.2, 0.25) is 10.0 Å². The first kappa shape index (κ1) is 14.6. The van der Waals surface area contributed by atoms with Crippen molar-refractivity contribution in [2.24, 2.45) is 0 Å². The minimum Gasteiger partial charge on any atom is -0.280 e. The number of hydrogen-bond acceptors (Lipinski definition) is 3. The molecule has 0 aliphatic heterocycles. The van der Waals surface area contributed by atoms with E-state index >= 15 is 0 Å². The summed E-state index contributed by atoms with van der Waals surface area (Å²) in [6.45, 7) is 2.59. The number of nitrogens with zero attached hydrogens (tertiary/aromatic N) is 2. The van der Waals surface area contributed by atoms with E-state index in [0.29, 0.717) is 18.7 Å². The summed E-state index contributed by atoms with van der Waals surface area (Å²) in [6, 6.07) is 9.90. The molecule has 0 radical (unpaired) electrons. The summed E-state index contributed by atoms with van der Waals surface area (Å²) in [5.41, 5.74) is 1.63. The maximum absolute atomic E-state index is 11.8. The second-order valence-corrected chi connectivity index (χ2v) is 6.53. The van der Waals surface area contributed by atoms with Gasteiger partial charge in [0, 0.05) is 6.20 Å². The summed E-state index contributed by atoms with van der Waals surface area (Å²) in [4.78, 5) is 0. The molecule has 0 saturated carbocycles. The molecule has 6 heteroatoms. The predicted octanol–water partition coefficient (Wildman–Crippen LogP) is 2.47. The van der Waals surface area contributed by atoms with E-state index in [4.69, 9.17) is 0 Å². The van der Waals surface area contributed by atoms with Gasteiger partial charge in [-0.1, -0.05) is 43.7 Å². The summed E-state index contributed by atoms with van der Waals surface area (Å²) in [7, 11) is -3.26. The molecule has 2 aromatic rings. The van der Waals surface area contributed by atoms with Crippen molar-refractivity contribution in [1.82, 2.24) is 9.78 Å². The summed E-state index contributed by atoms with van der Waals surface area (Å²) in [6.07, 6.45) is 4.75. The Morgan fingerprint density at radius 3 is 2.70 bits per heavy atom. The third-order valence-electron chi connectivity index (χ3n) is 2.86. The molecule has 0 atom stereocenters. The van der Waals surface area contributed by atoms with Crippen LogP contribution in [-0.2, 0) is 16.6 Å². The molecule has 5 nitrogen and oxygen atoms in total. The minimum absolute atomic E-state index is 0.146. The van der Waals surface area contributed by atoms with Crippen LogP contribution in [0.5, 0.6) is 0 Å². The van der Waals surface area contributed by atoms with Crippen molar-refractivity contribution in [1.29, 1.82) is 0 Å². The van der Waals surface area contributed by atoms with Crippen molar-refractivity contribution in [3.63, 3.8) is 0 Å². The molecule has 1 heterocycles. The van der Waals surface area contributed by atoms with Crippen molar-refractivity contribution in [2.45, 2.75) is 26.3 Å². The number of aromatic nitrogens is 2. The van der Waals surface area contributed by atoms with Gasteiger partial charge >= 0.3 is 0 Å². The van der Waals surface area contributed by atoms with Gasteiger partial charge in [-0.2, -0.15) is 5.10 Å². The van der Waals surface area contributed by atoms with Crippen LogP contribution in [0.3, 0.4) is 0 Å². The van der Waals surface area contributed by atoms with Crippen molar-refractivity contribution in [3.8, 4) is 0 Å². The minimum atomic E-state index is -3.26. The summed E-state index contributed by atoms with van der Waals surface area (Å²) >= 11 is 0. The van der Waals surface area contributed by atoms with Crippen molar-refractivity contribution in [3.05, 3.63) is 48.3 Å². The third-order valence-corrected chi connectivity index (χ3v) is 4.23. The van der Waals surface area contributed by atoms with Gasteiger partial charge in [-0.15, -0.1) is 0 Å². The molecule has 0 spiro atoms. The first-order chi connectivity index (χ1) is 9.59. The molecular weight excluding hydrogens is 274 g/mol. The molecule has 0 amide bonds. The Morgan fingerprint density at radius 2 is 2.00 bits per heavy atom. The van der Waals surface area contributed by atoms with Crippen LogP contribution in [0.1, 0.15) is 25.3 Å². The van der Waals surface area contributed by atoms with E-state index in [2.05, 4.69) is 9.82 Å². The van der Waals surface area contributed by atoms with Crippen molar-refractivity contribution in [2.75, 3.05) is 10.5 Å². The fourth-order valence-corrected chi connectivity index (χ4v) is 3.07. The molecule has 0 unspecified atom stereocenters. The van der Waals surface area contributed by atoms with E-state index in [9.17, 15) is 8.42 Å². The second-order valence-electron chi connectivity index (χ2n) is 4.69. The molecule has 1 N–H and O–H groups in total. The maximum atomic E-state index is 11.8. The van der Waals surface area contributed by atoms with E-state index in [-0.39, 0.29) is 5.75 Å². The van der Waals surface area contributed by atoms with Crippen molar-refractivity contribution < 1.29 is 8.42 Å². The molecule has 108 valence electrons. The highest BCUT2D eigenvalue weighted by atomic mass is 32.2. The lowest BCUT2D eigenvalue weighted by atomic mass is 10.2.